The maximum Gasteiger partial charge on any atom is 0.203 e. The Morgan fingerprint density at radius 2 is 1.82 bits per heavy atom. The van der Waals surface area contributed by atoms with Gasteiger partial charge in [0.25, 0.3) is 0 Å². The Morgan fingerprint density at radius 1 is 1.27 bits per heavy atom. The molecule has 1 fully saturated rings. The minimum atomic E-state index is 0.273. The van der Waals surface area contributed by atoms with Crippen LogP contribution in [0.1, 0.15) is 6.92 Å². The molecule has 64 valence electrons. The lowest BCUT2D eigenvalue weighted by Crippen LogP contribution is -2.44. The standard InChI is InChI=1S/C7H15N3O/c1-7(8)11-10-5-3-9(2)4-6-10/h8H,3-6H2,1-2H3. The average molecular weight is 157 g/mol. The first-order chi connectivity index (χ1) is 5.18. The van der Waals surface area contributed by atoms with Crippen molar-refractivity contribution in [3.63, 3.8) is 0 Å². The van der Waals surface area contributed by atoms with Crippen molar-refractivity contribution >= 4 is 5.90 Å². The largest absolute Gasteiger partial charge is 0.391 e. The molecule has 1 heterocycles. The minimum absolute atomic E-state index is 0.273. The van der Waals surface area contributed by atoms with Crippen molar-refractivity contribution in [2.45, 2.75) is 6.92 Å². The van der Waals surface area contributed by atoms with Crippen LogP contribution in [0.5, 0.6) is 0 Å². The molecule has 0 spiro atoms. The molecule has 0 atom stereocenters. The Balaban J connectivity index is 2.22. The molecule has 1 N–H and O–H groups in total. The zero-order valence-electron chi connectivity index (χ0n) is 7.13. The van der Waals surface area contributed by atoms with E-state index in [1.54, 1.807) is 6.92 Å². The van der Waals surface area contributed by atoms with Crippen LogP contribution in [0.2, 0.25) is 0 Å². The summed E-state index contributed by atoms with van der Waals surface area (Å²) in [4.78, 5) is 7.38. The SMILES string of the molecule is CC(=N)ON1CCN(C)CC1. The van der Waals surface area contributed by atoms with Crippen molar-refractivity contribution in [3.8, 4) is 0 Å². The van der Waals surface area contributed by atoms with E-state index in [9.17, 15) is 0 Å². The third-order valence-corrected chi connectivity index (χ3v) is 1.73. The predicted octanol–water partition coefficient (Wildman–Crippen LogP) is 0.163. The van der Waals surface area contributed by atoms with Crippen molar-refractivity contribution in [1.29, 1.82) is 5.41 Å². The highest BCUT2D eigenvalue weighted by Crippen LogP contribution is 1.99. The number of hydrogen-bond donors (Lipinski definition) is 1. The Bertz CT molecular complexity index is 141. The van der Waals surface area contributed by atoms with Gasteiger partial charge in [-0.1, -0.05) is 0 Å². The van der Waals surface area contributed by atoms with Gasteiger partial charge in [-0.05, 0) is 7.05 Å². The molecule has 1 aliphatic rings. The predicted molar refractivity (Wildman–Crippen MR) is 43.6 cm³/mol. The monoisotopic (exact) mass is 157 g/mol. The normalized spacial score (nSPS) is 21.6. The molecule has 0 aromatic rings. The van der Waals surface area contributed by atoms with Crippen molar-refractivity contribution in [2.75, 3.05) is 33.2 Å². The maximum atomic E-state index is 7.10. The van der Waals surface area contributed by atoms with Gasteiger partial charge in [0.2, 0.25) is 5.90 Å². The summed E-state index contributed by atoms with van der Waals surface area (Å²) in [5.74, 6) is 0.273. The van der Waals surface area contributed by atoms with E-state index < -0.39 is 0 Å². The summed E-state index contributed by atoms with van der Waals surface area (Å²) in [6.07, 6.45) is 0. The number of hydroxylamine groups is 2. The third-order valence-electron chi connectivity index (χ3n) is 1.73. The maximum absolute atomic E-state index is 7.10. The van der Waals surface area contributed by atoms with Gasteiger partial charge in [-0.2, -0.15) is 0 Å². The average Bonchev–Trinajstić information content (AvgIpc) is 1.93. The number of nitrogens with zero attached hydrogens (tertiary/aromatic N) is 2. The Labute approximate surface area is 67.2 Å². The fraction of sp³-hybridized carbons (Fsp3) is 0.857. The second-order valence-electron chi connectivity index (χ2n) is 2.88. The van der Waals surface area contributed by atoms with Gasteiger partial charge < -0.3 is 9.74 Å². The van der Waals surface area contributed by atoms with Crippen LogP contribution in [0, 0.1) is 5.41 Å². The fourth-order valence-electron chi connectivity index (χ4n) is 1.07. The lowest BCUT2D eigenvalue weighted by Gasteiger charge is -2.30. The topological polar surface area (TPSA) is 39.6 Å². The highest BCUT2D eigenvalue weighted by molar-refractivity contribution is 5.68. The van der Waals surface area contributed by atoms with Crippen molar-refractivity contribution in [1.82, 2.24) is 9.96 Å². The molecule has 11 heavy (non-hydrogen) atoms. The van der Waals surface area contributed by atoms with Crippen LogP contribution in [-0.2, 0) is 4.84 Å². The van der Waals surface area contributed by atoms with E-state index in [-0.39, 0.29) is 5.90 Å². The van der Waals surface area contributed by atoms with Crippen LogP contribution >= 0.6 is 0 Å². The lowest BCUT2D eigenvalue weighted by atomic mass is 10.4. The number of rotatable bonds is 1. The van der Waals surface area contributed by atoms with Gasteiger partial charge in [0.1, 0.15) is 0 Å². The summed E-state index contributed by atoms with van der Waals surface area (Å²) in [5, 5.41) is 8.94. The second kappa shape index (κ2) is 3.69. The van der Waals surface area contributed by atoms with E-state index >= 15 is 0 Å². The minimum Gasteiger partial charge on any atom is -0.391 e. The van der Waals surface area contributed by atoms with Crippen LogP contribution in [0.25, 0.3) is 0 Å². The van der Waals surface area contributed by atoms with Crippen LogP contribution in [0.4, 0.5) is 0 Å². The fourth-order valence-corrected chi connectivity index (χ4v) is 1.07. The van der Waals surface area contributed by atoms with Gasteiger partial charge in [-0.3, -0.25) is 5.41 Å². The van der Waals surface area contributed by atoms with Gasteiger partial charge in [0.15, 0.2) is 0 Å². The second-order valence-corrected chi connectivity index (χ2v) is 2.88. The molecule has 1 aliphatic heterocycles. The summed E-state index contributed by atoms with van der Waals surface area (Å²) in [6.45, 7) is 5.48. The zero-order valence-corrected chi connectivity index (χ0v) is 7.13. The van der Waals surface area contributed by atoms with E-state index in [2.05, 4.69) is 11.9 Å². The number of nitrogens with one attached hydrogen (secondary N) is 1. The summed E-state index contributed by atoms with van der Waals surface area (Å²) in [6, 6.07) is 0. The van der Waals surface area contributed by atoms with E-state index in [1.165, 1.54) is 0 Å². The summed E-state index contributed by atoms with van der Waals surface area (Å²) >= 11 is 0. The quantitative estimate of drug-likeness (QED) is 0.435. The molecule has 0 saturated carbocycles. The number of likely N-dealkylation sites (N-methyl/N-ethyl adjacent to an activating group) is 1. The molecule has 4 heteroatoms. The Morgan fingerprint density at radius 3 is 2.27 bits per heavy atom. The number of piperazine rings is 1. The highest BCUT2D eigenvalue weighted by atomic mass is 16.7. The first-order valence-electron chi connectivity index (χ1n) is 3.85. The van der Waals surface area contributed by atoms with Gasteiger partial charge in [0.05, 0.1) is 0 Å². The lowest BCUT2D eigenvalue weighted by molar-refractivity contribution is -0.0993. The van der Waals surface area contributed by atoms with Gasteiger partial charge >= 0.3 is 0 Å². The molecule has 0 bridgehead atoms. The molecule has 0 radical (unpaired) electrons. The summed E-state index contributed by atoms with van der Waals surface area (Å²) in [5.41, 5.74) is 0. The van der Waals surface area contributed by atoms with Gasteiger partial charge in [-0.15, -0.1) is 5.06 Å². The molecule has 1 rings (SSSR count). The van der Waals surface area contributed by atoms with Gasteiger partial charge in [0, 0.05) is 33.1 Å². The smallest absolute Gasteiger partial charge is 0.203 e. The molecule has 1 saturated heterocycles. The zero-order chi connectivity index (χ0) is 8.27. The highest BCUT2D eigenvalue weighted by Gasteiger charge is 2.14. The van der Waals surface area contributed by atoms with Crippen molar-refractivity contribution in [3.05, 3.63) is 0 Å². The van der Waals surface area contributed by atoms with E-state index in [0.29, 0.717) is 0 Å². The van der Waals surface area contributed by atoms with E-state index in [0.717, 1.165) is 26.2 Å². The van der Waals surface area contributed by atoms with Crippen molar-refractivity contribution < 1.29 is 4.84 Å². The third kappa shape index (κ3) is 2.86. The first-order valence-corrected chi connectivity index (χ1v) is 3.85. The molecule has 0 unspecified atom stereocenters. The van der Waals surface area contributed by atoms with Crippen LogP contribution in [0.15, 0.2) is 0 Å². The summed E-state index contributed by atoms with van der Waals surface area (Å²) < 4.78 is 0. The Kier molecular flexibility index (Phi) is 2.84. The number of hydrogen-bond acceptors (Lipinski definition) is 4. The molecular weight excluding hydrogens is 142 g/mol. The van der Waals surface area contributed by atoms with E-state index in [1.807, 2.05) is 5.06 Å². The molecule has 0 aromatic heterocycles. The molecule has 0 amide bonds. The van der Waals surface area contributed by atoms with Gasteiger partial charge in [-0.25, -0.2) is 0 Å². The Hall–Kier alpha value is -0.610. The summed E-state index contributed by atoms with van der Waals surface area (Å²) in [7, 11) is 2.09. The molecule has 0 aromatic carbocycles. The van der Waals surface area contributed by atoms with E-state index in [4.69, 9.17) is 10.2 Å². The van der Waals surface area contributed by atoms with Crippen molar-refractivity contribution in [2.24, 2.45) is 0 Å². The van der Waals surface area contributed by atoms with Crippen LogP contribution in [-0.4, -0.2) is 49.1 Å². The first kappa shape index (κ1) is 8.49. The molecular formula is C7H15N3O. The van der Waals surface area contributed by atoms with Crippen LogP contribution in [0.3, 0.4) is 0 Å². The van der Waals surface area contributed by atoms with Crippen LogP contribution < -0.4 is 0 Å². The molecule has 4 nitrogen and oxygen atoms in total. The molecule has 0 aliphatic carbocycles.